The van der Waals surface area contributed by atoms with Crippen molar-refractivity contribution in [1.29, 1.82) is 0 Å². The summed E-state index contributed by atoms with van der Waals surface area (Å²) in [4.78, 5) is 10.9. The first kappa shape index (κ1) is 11.1. The third-order valence-electron chi connectivity index (χ3n) is 1.00. The van der Waals surface area contributed by atoms with Crippen LogP contribution in [0, 0.1) is 0 Å². The number of hydrogen-bond donors (Lipinski definition) is 0. The first-order chi connectivity index (χ1) is 5.02. The van der Waals surface area contributed by atoms with Crippen LogP contribution >= 0.6 is 7.37 Å². The second-order valence-electron chi connectivity index (χ2n) is 2.13. The van der Waals surface area contributed by atoms with E-state index in [0.717, 1.165) is 6.66 Å². The molecule has 0 saturated carbocycles. The smallest absolute Gasteiger partial charge is 0.197 e. The fraction of sp³-hybridized carbons (Fsp3) is 1.00. The van der Waals surface area contributed by atoms with E-state index >= 15 is 0 Å². The van der Waals surface area contributed by atoms with E-state index < -0.39 is 13.4 Å². The van der Waals surface area contributed by atoms with E-state index in [4.69, 9.17) is 9.47 Å². The third kappa shape index (κ3) is 4.53. The molecule has 11 heavy (non-hydrogen) atoms. The van der Waals surface area contributed by atoms with Crippen LogP contribution < -0.4 is 4.89 Å². The highest BCUT2D eigenvalue weighted by Crippen LogP contribution is 2.38. The lowest BCUT2D eigenvalue weighted by Crippen LogP contribution is -2.23. The molecule has 68 valence electrons. The molecule has 0 aliphatic rings. The lowest BCUT2D eigenvalue weighted by atomic mass is 10.9. The number of hydrogen-bond acceptors (Lipinski definition) is 4. The summed E-state index contributed by atoms with van der Waals surface area (Å²) in [6, 6.07) is -1.07. The molecular weight excluding hydrogens is 167 g/mol. The van der Waals surface area contributed by atoms with Crippen molar-refractivity contribution in [3.05, 3.63) is 0 Å². The van der Waals surface area contributed by atoms with Crippen molar-refractivity contribution < 1.29 is 18.9 Å². The van der Waals surface area contributed by atoms with Gasteiger partial charge >= 0.3 is 0 Å². The normalized spacial score (nSPS) is 16.8. The van der Waals surface area contributed by atoms with E-state index in [1.807, 2.05) is 0 Å². The molecule has 0 aromatic heterocycles. The van der Waals surface area contributed by atoms with Crippen molar-refractivity contribution in [3.8, 4) is 0 Å². The molecule has 0 fully saturated rings. The van der Waals surface area contributed by atoms with Crippen molar-refractivity contribution in [3.63, 3.8) is 0 Å². The van der Waals surface area contributed by atoms with Crippen molar-refractivity contribution in [2.24, 2.45) is 0 Å². The molecule has 0 N–H and O–H groups in total. The monoisotopic (exact) mass is 181 g/mol. The van der Waals surface area contributed by atoms with Gasteiger partial charge in [-0.2, -0.15) is 0 Å². The molecule has 0 radical (unpaired) electrons. The molecule has 0 bridgehead atoms. The quantitative estimate of drug-likeness (QED) is 0.460. The second kappa shape index (κ2) is 4.88. The van der Waals surface area contributed by atoms with E-state index in [9.17, 15) is 9.46 Å². The summed E-state index contributed by atoms with van der Waals surface area (Å²) in [7, 11) is -3.50. The topological polar surface area (TPSA) is 58.6 Å². The number of ether oxygens (including phenoxy) is 2. The maximum atomic E-state index is 10.9. The summed E-state index contributed by atoms with van der Waals surface area (Å²) in [6.07, 6.45) is 0. The maximum absolute atomic E-state index is 10.9. The van der Waals surface area contributed by atoms with Crippen LogP contribution in [0.2, 0.25) is 0 Å². The van der Waals surface area contributed by atoms with Gasteiger partial charge in [-0.25, -0.2) is 0 Å². The zero-order valence-electron chi connectivity index (χ0n) is 7.07. The summed E-state index contributed by atoms with van der Waals surface area (Å²) in [5.41, 5.74) is 0. The highest BCUT2D eigenvalue weighted by Gasteiger charge is 2.16. The zero-order valence-corrected chi connectivity index (χ0v) is 7.97. The maximum Gasteiger partial charge on any atom is 0.197 e. The summed E-state index contributed by atoms with van der Waals surface area (Å²) in [5.74, 6) is 0. The van der Waals surface area contributed by atoms with Gasteiger partial charge in [0.05, 0.1) is 7.37 Å². The molecule has 0 aromatic carbocycles. The molecule has 0 aromatic rings. The van der Waals surface area contributed by atoms with Crippen LogP contribution in [0.25, 0.3) is 0 Å². The van der Waals surface area contributed by atoms with Gasteiger partial charge in [-0.1, -0.05) is 0 Å². The largest absolute Gasteiger partial charge is 0.796 e. The van der Waals surface area contributed by atoms with Crippen LogP contribution in [-0.2, 0) is 14.0 Å². The average molecular weight is 181 g/mol. The van der Waals surface area contributed by atoms with Gasteiger partial charge in [-0.3, -0.25) is 0 Å². The minimum atomic E-state index is -3.50. The number of rotatable bonds is 5. The first-order valence-electron chi connectivity index (χ1n) is 3.53. The Kier molecular flexibility index (Phi) is 4.93. The third-order valence-corrected chi connectivity index (χ3v) is 2.07. The van der Waals surface area contributed by atoms with E-state index in [1.165, 1.54) is 0 Å². The molecule has 5 heteroatoms. The van der Waals surface area contributed by atoms with Gasteiger partial charge in [0, 0.05) is 13.2 Å². The fourth-order valence-corrected chi connectivity index (χ4v) is 1.44. The van der Waals surface area contributed by atoms with E-state index in [-0.39, 0.29) is 0 Å². The van der Waals surface area contributed by atoms with Crippen LogP contribution in [0.1, 0.15) is 13.8 Å². The molecule has 0 aliphatic heterocycles. The Morgan fingerprint density at radius 2 is 1.73 bits per heavy atom. The summed E-state index contributed by atoms with van der Waals surface area (Å²) in [5, 5.41) is 0. The predicted molar refractivity (Wildman–Crippen MR) is 40.6 cm³/mol. The molecule has 1 unspecified atom stereocenters. The lowest BCUT2D eigenvalue weighted by molar-refractivity contribution is -0.206. The minimum absolute atomic E-state index is 0.338. The SMILES string of the molecule is CCOC(OCC)P(C)(=O)[O-]. The molecular formula is C6H14O4P-. The van der Waals surface area contributed by atoms with Gasteiger partial charge in [-0.15, -0.1) is 0 Å². The predicted octanol–water partition coefficient (Wildman–Crippen LogP) is 0.611. The Morgan fingerprint density at radius 1 is 1.36 bits per heavy atom. The second-order valence-corrected chi connectivity index (χ2v) is 4.37. The molecule has 0 rings (SSSR count). The molecule has 0 amide bonds. The molecule has 0 aliphatic carbocycles. The standard InChI is InChI=1S/C6H15O4P/c1-4-9-6(10-5-2)11(3,7)8/h6H,4-5H2,1-3H3,(H,7,8)/p-1. The molecule has 1 atom stereocenters. The summed E-state index contributed by atoms with van der Waals surface area (Å²) in [6.45, 7) is 5.24. The van der Waals surface area contributed by atoms with Crippen LogP contribution in [0.5, 0.6) is 0 Å². The Balaban J connectivity index is 3.99. The van der Waals surface area contributed by atoms with Gasteiger partial charge in [0.1, 0.15) is 0 Å². The van der Waals surface area contributed by atoms with Crippen LogP contribution in [-0.4, -0.2) is 25.9 Å². The summed E-state index contributed by atoms with van der Waals surface area (Å²) >= 11 is 0. The Labute approximate surface area is 67.0 Å². The fourth-order valence-electron chi connectivity index (χ4n) is 0.604. The van der Waals surface area contributed by atoms with E-state index in [2.05, 4.69) is 0 Å². The van der Waals surface area contributed by atoms with Gasteiger partial charge in [0.15, 0.2) is 6.03 Å². The zero-order chi connectivity index (χ0) is 8.91. The molecule has 4 nitrogen and oxygen atoms in total. The average Bonchev–Trinajstić information content (AvgIpc) is 1.85. The molecule has 0 saturated heterocycles. The Hall–Kier alpha value is 0.110. The van der Waals surface area contributed by atoms with Gasteiger partial charge in [0.2, 0.25) is 0 Å². The van der Waals surface area contributed by atoms with Gasteiger partial charge in [0.25, 0.3) is 0 Å². The van der Waals surface area contributed by atoms with Crippen molar-refractivity contribution in [2.75, 3.05) is 19.9 Å². The van der Waals surface area contributed by atoms with E-state index in [1.54, 1.807) is 13.8 Å². The van der Waals surface area contributed by atoms with E-state index in [0.29, 0.717) is 13.2 Å². The van der Waals surface area contributed by atoms with Crippen LogP contribution in [0.3, 0.4) is 0 Å². The lowest BCUT2D eigenvalue weighted by Gasteiger charge is -2.27. The van der Waals surface area contributed by atoms with Crippen molar-refractivity contribution in [2.45, 2.75) is 19.9 Å². The van der Waals surface area contributed by atoms with Gasteiger partial charge in [-0.05, 0) is 20.5 Å². The summed E-state index contributed by atoms with van der Waals surface area (Å²) < 4.78 is 20.6. The molecule has 0 heterocycles. The first-order valence-corrected chi connectivity index (χ1v) is 5.67. The molecule has 0 spiro atoms. The van der Waals surface area contributed by atoms with Crippen molar-refractivity contribution in [1.82, 2.24) is 0 Å². The van der Waals surface area contributed by atoms with Crippen molar-refractivity contribution >= 4 is 7.37 Å². The Morgan fingerprint density at radius 3 is 1.91 bits per heavy atom. The van der Waals surface area contributed by atoms with Gasteiger partial charge < -0.3 is 18.9 Å². The minimum Gasteiger partial charge on any atom is -0.796 e. The Bertz CT molecular complexity index is 136. The highest BCUT2D eigenvalue weighted by atomic mass is 31.2. The highest BCUT2D eigenvalue weighted by molar-refractivity contribution is 7.56. The van der Waals surface area contributed by atoms with Crippen LogP contribution in [0.15, 0.2) is 0 Å². The van der Waals surface area contributed by atoms with Crippen LogP contribution in [0.4, 0.5) is 0 Å².